The second-order valence-corrected chi connectivity index (χ2v) is 5.84. The predicted molar refractivity (Wildman–Crippen MR) is 71.6 cm³/mol. The molecule has 1 aliphatic heterocycles. The SMILES string of the molecule is CC(CN)CCC(=O)N1CCC(C(C)C)CC1. The lowest BCUT2D eigenvalue weighted by atomic mass is 9.86. The summed E-state index contributed by atoms with van der Waals surface area (Å²) >= 11 is 0. The van der Waals surface area contributed by atoms with E-state index in [9.17, 15) is 4.79 Å². The Balaban J connectivity index is 2.26. The van der Waals surface area contributed by atoms with E-state index in [1.165, 1.54) is 12.8 Å². The molecular formula is C14H28N2O. The number of nitrogens with zero attached hydrogens (tertiary/aromatic N) is 1. The Labute approximate surface area is 106 Å². The van der Waals surface area contributed by atoms with E-state index < -0.39 is 0 Å². The summed E-state index contributed by atoms with van der Waals surface area (Å²) < 4.78 is 0. The van der Waals surface area contributed by atoms with Crippen LogP contribution < -0.4 is 5.73 Å². The van der Waals surface area contributed by atoms with Crippen LogP contribution in [0.25, 0.3) is 0 Å². The van der Waals surface area contributed by atoms with Crippen molar-refractivity contribution in [3.05, 3.63) is 0 Å². The molecule has 0 saturated carbocycles. The molecule has 17 heavy (non-hydrogen) atoms. The van der Waals surface area contributed by atoms with Crippen molar-refractivity contribution in [1.29, 1.82) is 0 Å². The molecule has 1 aliphatic rings. The Morgan fingerprint density at radius 1 is 1.29 bits per heavy atom. The summed E-state index contributed by atoms with van der Waals surface area (Å²) in [5.41, 5.74) is 5.56. The highest BCUT2D eigenvalue weighted by atomic mass is 16.2. The molecule has 100 valence electrons. The maximum atomic E-state index is 12.0. The van der Waals surface area contributed by atoms with Crippen molar-refractivity contribution in [3.63, 3.8) is 0 Å². The molecule has 1 fully saturated rings. The fourth-order valence-electron chi connectivity index (χ4n) is 2.46. The van der Waals surface area contributed by atoms with Crippen LogP contribution in [0.4, 0.5) is 0 Å². The van der Waals surface area contributed by atoms with Crippen molar-refractivity contribution in [1.82, 2.24) is 4.90 Å². The van der Waals surface area contributed by atoms with E-state index in [1.54, 1.807) is 0 Å². The number of hydrogen-bond acceptors (Lipinski definition) is 2. The van der Waals surface area contributed by atoms with Crippen molar-refractivity contribution in [3.8, 4) is 0 Å². The van der Waals surface area contributed by atoms with Crippen LogP contribution in [0.3, 0.4) is 0 Å². The minimum Gasteiger partial charge on any atom is -0.343 e. The maximum absolute atomic E-state index is 12.0. The molecule has 1 rings (SSSR count). The fourth-order valence-corrected chi connectivity index (χ4v) is 2.46. The number of piperidine rings is 1. The van der Waals surface area contributed by atoms with Gasteiger partial charge in [0, 0.05) is 19.5 Å². The molecule has 0 spiro atoms. The summed E-state index contributed by atoms with van der Waals surface area (Å²) in [5.74, 6) is 2.35. The molecule has 1 saturated heterocycles. The first-order valence-corrected chi connectivity index (χ1v) is 7.02. The first kappa shape index (κ1) is 14.5. The van der Waals surface area contributed by atoms with Crippen molar-refractivity contribution in [2.75, 3.05) is 19.6 Å². The lowest BCUT2D eigenvalue weighted by Gasteiger charge is -2.34. The van der Waals surface area contributed by atoms with Gasteiger partial charge in [-0.1, -0.05) is 20.8 Å². The molecule has 1 amide bonds. The van der Waals surface area contributed by atoms with Gasteiger partial charge in [-0.2, -0.15) is 0 Å². The highest BCUT2D eigenvalue weighted by Gasteiger charge is 2.24. The van der Waals surface area contributed by atoms with Crippen LogP contribution in [-0.4, -0.2) is 30.4 Å². The van der Waals surface area contributed by atoms with Crippen LogP contribution >= 0.6 is 0 Å². The van der Waals surface area contributed by atoms with E-state index in [-0.39, 0.29) is 0 Å². The second-order valence-electron chi connectivity index (χ2n) is 5.84. The molecule has 3 heteroatoms. The Morgan fingerprint density at radius 2 is 1.88 bits per heavy atom. The number of hydrogen-bond donors (Lipinski definition) is 1. The lowest BCUT2D eigenvalue weighted by molar-refractivity contribution is -0.133. The minimum absolute atomic E-state index is 0.326. The first-order valence-electron chi connectivity index (χ1n) is 7.02. The molecule has 0 radical (unpaired) electrons. The van der Waals surface area contributed by atoms with Gasteiger partial charge in [-0.3, -0.25) is 4.79 Å². The third-order valence-corrected chi connectivity index (χ3v) is 4.09. The highest BCUT2D eigenvalue weighted by Crippen LogP contribution is 2.24. The zero-order valence-electron chi connectivity index (χ0n) is 11.6. The van der Waals surface area contributed by atoms with E-state index in [1.807, 2.05) is 4.90 Å². The van der Waals surface area contributed by atoms with E-state index >= 15 is 0 Å². The monoisotopic (exact) mass is 240 g/mol. The van der Waals surface area contributed by atoms with E-state index in [2.05, 4.69) is 20.8 Å². The average Bonchev–Trinajstić information content (AvgIpc) is 2.35. The van der Waals surface area contributed by atoms with Crippen molar-refractivity contribution in [2.24, 2.45) is 23.5 Å². The molecule has 1 unspecified atom stereocenters. The molecule has 0 aliphatic carbocycles. The van der Waals surface area contributed by atoms with Gasteiger partial charge < -0.3 is 10.6 Å². The molecule has 0 bridgehead atoms. The number of carbonyl (C=O) groups excluding carboxylic acids is 1. The normalized spacial score (nSPS) is 19.7. The van der Waals surface area contributed by atoms with Gasteiger partial charge in [-0.15, -0.1) is 0 Å². The number of rotatable bonds is 5. The van der Waals surface area contributed by atoms with Gasteiger partial charge >= 0.3 is 0 Å². The number of nitrogens with two attached hydrogens (primary N) is 1. The van der Waals surface area contributed by atoms with Crippen LogP contribution in [0.15, 0.2) is 0 Å². The zero-order chi connectivity index (χ0) is 12.8. The van der Waals surface area contributed by atoms with E-state index in [0.29, 0.717) is 24.8 Å². The molecule has 0 aromatic carbocycles. The highest BCUT2D eigenvalue weighted by molar-refractivity contribution is 5.76. The molecule has 1 heterocycles. The number of likely N-dealkylation sites (tertiary alicyclic amines) is 1. The van der Waals surface area contributed by atoms with Gasteiger partial charge in [0.1, 0.15) is 0 Å². The number of carbonyl (C=O) groups is 1. The first-order chi connectivity index (χ1) is 8.04. The Kier molecular flexibility index (Phi) is 5.96. The summed E-state index contributed by atoms with van der Waals surface area (Å²) in [6.07, 6.45) is 3.95. The van der Waals surface area contributed by atoms with Crippen LogP contribution in [0, 0.1) is 17.8 Å². The van der Waals surface area contributed by atoms with Gasteiger partial charge in [-0.05, 0) is 43.6 Å². The predicted octanol–water partition coefficient (Wildman–Crippen LogP) is 2.26. The van der Waals surface area contributed by atoms with Gasteiger partial charge in [0.25, 0.3) is 0 Å². The largest absolute Gasteiger partial charge is 0.343 e. The lowest BCUT2D eigenvalue weighted by Crippen LogP contribution is -2.39. The molecule has 2 N–H and O–H groups in total. The Morgan fingerprint density at radius 3 is 2.35 bits per heavy atom. The summed E-state index contributed by atoms with van der Waals surface area (Å²) in [4.78, 5) is 14.0. The van der Waals surface area contributed by atoms with E-state index in [4.69, 9.17) is 5.73 Å². The van der Waals surface area contributed by atoms with Gasteiger partial charge in [0.05, 0.1) is 0 Å². The third kappa shape index (κ3) is 4.66. The Bertz CT molecular complexity index is 232. The van der Waals surface area contributed by atoms with Crippen molar-refractivity contribution in [2.45, 2.75) is 46.5 Å². The smallest absolute Gasteiger partial charge is 0.222 e. The zero-order valence-corrected chi connectivity index (χ0v) is 11.6. The molecular weight excluding hydrogens is 212 g/mol. The van der Waals surface area contributed by atoms with Crippen LogP contribution in [0.1, 0.15) is 46.5 Å². The summed E-state index contributed by atoms with van der Waals surface area (Å²) in [6, 6.07) is 0. The molecule has 0 aromatic heterocycles. The summed E-state index contributed by atoms with van der Waals surface area (Å²) in [7, 11) is 0. The molecule has 0 aromatic rings. The van der Waals surface area contributed by atoms with Crippen LogP contribution in [0.5, 0.6) is 0 Å². The van der Waals surface area contributed by atoms with Gasteiger partial charge in [0.2, 0.25) is 5.91 Å². The molecule has 1 atom stereocenters. The topological polar surface area (TPSA) is 46.3 Å². The number of amides is 1. The quantitative estimate of drug-likeness (QED) is 0.801. The standard InChI is InChI=1S/C14H28N2O/c1-11(2)13-6-8-16(9-7-13)14(17)5-4-12(3)10-15/h11-13H,4-10,15H2,1-3H3. The maximum Gasteiger partial charge on any atom is 0.222 e. The third-order valence-electron chi connectivity index (χ3n) is 4.09. The summed E-state index contributed by atoms with van der Waals surface area (Å²) in [5, 5.41) is 0. The van der Waals surface area contributed by atoms with Crippen molar-refractivity contribution >= 4 is 5.91 Å². The Hall–Kier alpha value is -0.570. The minimum atomic E-state index is 0.326. The summed E-state index contributed by atoms with van der Waals surface area (Å²) in [6.45, 7) is 9.27. The fraction of sp³-hybridized carbons (Fsp3) is 0.929. The second kappa shape index (κ2) is 7.00. The van der Waals surface area contributed by atoms with Crippen LogP contribution in [0.2, 0.25) is 0 Å². The van der Waals surface area contributed by atoms with Crippen molar-refractivity contribution < 1.29 is 4.79 Å². The van der Waals surface area contributed by atoms with E-state index in [0.717, 1.165) is 31.3 Å². The van der Waals surface area contributed by atoms with Gasteiger partial charge in [-0.25, -0.2) is 0 Å². The van der Waals surface area contributed by atoms with Gasteiger partial charge in [0.15, 0.2) is 0 Å². The van der Waals surface area contributed by atoms with Crippen LogP contribution in [-0.2, 0) is 4.79 Å². The molecule has 3 nitrogen and oxygen atoms in total. The average molecular weight is 240 g/mol.